The van der Waals surface area contributed by atoms with Gasteiger partial charge < -0.3 is 15.0 Å². The Balaban J connectivity index is 1.48. The summed E-state index contributed by atoms with van der Waals surface area (Å²) < 4.78 is 18.7. The number of esters is 1. The molecule has 7 heteroatoms. The fourth-order valence-electron chi connectivity index (χ4n) is 3.63. The van der Waals surface area contributed by atoms with E-state index in [9.17, 15) is 18.8 Å². The predicted molar refractivity (Wildman–Crippen MR) is 101 cm³/mol. The number of nitrogens with one attached hydrogen (secondary N) is 1. The van der Waals surface area contributed by atoms with Crippen molar-refractivity contribution in [3.63, 3.8) is 0 Å². The van der Waals surface area contributed by atoms with Crippen LogP contribution < -0.4 is 5.32 Å². The van der Waals surface area contributed by atoms with E-state index in [0.29, 0.717) is 49.9 Å². The zero-order valence-electron chi connectivity index (χ0n) is 16.4. The monoisotopic (exact) mass is 390 g/mol. The van der Waals surface area contributed by atoms with Crippen LogP contribution in [0.15, 0.2) is 18.2 Å². The summed E-state index contributed by atoms with van der Waals surface area (Å²) in [5.74, 6) is -1.14. The lowest BCUT2D eigenvalue weighted by Crippen LogP contribution is -2.47. The molecule has 1 aliphatic carbocycles. The first-order valence-corrected chi connectivity index (χ1v) is 9.86. The third-order valence-electron chi connectivity index (χ3n) is 5.68. The van der Waals surface area contributed by atoms with E-state index in [0.717, 1.165) is 0 Å². The average Bonchev–Trinajstić information content (AvgIpc) is 3.50. The molecular formula is C21H27FN2O4. The van der Waals surface area contributed by atoms with Crippen molar-refractivity contribution in [3.8, 4) is 0 Å². The Labute approximate surface area is 164 Å². The van der Waals surface area contributed by atoms with E-state index in [1.54, 1.807) is 30.9 Å². The Kier molecular flexibility index (Phi) is 6.01. The fraction of sp³-hybridized carbons (Fsp3) is 0.571. The number of aryl methyl sites for hydroxylation is 1. The number of piperidine rings is 1. The van der Waals surface area contributed by atoms with Crippen molar-refractivity contribution in [1.82, 2.24) is 10.2 Å². The summed E-state index contributed by atoms with van der Waals surface area (Å²) >= 11 is 0. The lowest BCUT2D eigenvalue weighted by Gasteiger charge is -2.33. The van der Waals surface area contributed by atoms with Gasteiger partial charge in [-0.15, -0.1) is 0 Å². The van der Waals surface area contributed by atoms with Crippen LogP contribution in [0.4, 0.5) is 4.39 Å². The molecule has 1 saturated carbocycles. The minimum atomic E-state index is -0.985. The summed E-state index contributed by atoms with van der Waals surface area (Å²) in [5.41, 5.74) is 0.304. The first-order chi connectivity index (χ1) is 13.4. The van der Waals surface area contributed by atoms with Gasteiger partial charge in [-0.1, -0.05) is 12.1 Å². The third-order valence-corrected chi connectivity index (χ3v) is 5.68. The molecule has 2 aliphatic rings. The minimum absolute atomic E-state index is 0.0837. The molecule has 0 radical (unpaired) electrons. The SMILES string of the molecule is CCOC(=O)C1(C(=O)N2CCC(C(=O)NCc3ccc(C)c(F)c3)CC2)CC1. The van der Waals surface area contributed by atoms with Gasteiger partial charge in [0.2, 0.25) is 11.8 Å². The number of amides is 2. The standard InChI is InChI=1S/C21H27FN2O4/c1-3-28-20(27)21(8-9-21)19(26)24-10-6-16(7-11-24)18(25)23-13-15-5-4-14(2)17(22)12-15/h4-5,12,16H,3,6-11,13H2,1-2H3,(H,23,25). The lowest BCUT2D eigenvalue weighted by atomic mass is 9.94. The van der Waals surface area contributed by atoms with Crippen LogP contribution in [0, 0.1) is 24.1 Å². The van der Waals surface area contributed by atoms with Gasteiger partial charge in [0.05, 0.1) is 6.61 Å². The maximum absolute atomic E-state index is 13.6. The molecule has 2 amide bonds. The third kappa shape index (κ3) is 4.18. The van der Waals surface area contributed by atoms with E-state index in [2.05, 4.69) is 5.32 Å². The van der Waals surface area contributed by atoms with E-state index >= 15 is 0 Å². The molecule has 1 aromatic carbocycles. The van der Waals surface area contributed by atoms with Gasteiger partial charge in [-0.25, -0.2) is 4.39 Å². The number of nitrogens with zero attached hydrogens (tertiary/aromatic N) is 1. The smallest absolute Gasteiger partial charge is 0.321 e. The summed E-state index contributed by atoms with van der Waals surface area (Å²) in [6.07, 6.45) is 2.19. The van der Waals surface area contributed by atoms with Crippen LogP contribution in [-0.4, -0.2) is 42.4 Å². The maximum atomic E-state index is 13.6. The van der Waals surface area contributed by atoms with Crippen LogP contribution in [-0.2, 0) is 25.7 Å². The van der Waals surface area contributed by atoms with Gasteiger partial charge >= 0.3 is 5.97 Å². The molecule has 3 rings (SSSR count). The highest BCUT2D eigenvalue weighted by atomic mass is 19.1. The minimum Gasteiger partial charge on any atom is -0.465 e. The van der Waals surface area contributed by atoms with Crippen LogP contribution in [0.1, 0.15) is 43.7 Å². The summed E-state index contributed by atoms with van der Waals surface area (Å²) in [6, 6.07) is 4.92. The summed E-state index contributed by atoms with van der Waals surface area (Å²) in [6.45, 7) is 4.88. The van der Waals surface area contributed by atoms with Crippen molar-refractivity contribution < 1.29 is 23.5 Å². The zero-order chi connectivity index (χ0) is 20.3. The Bertz CT molecular complexity index is 768. The Morgan fingerprint density at radius 3 is 2.50 bits per heavy atom. The molecule has 0 unspecified atom stereocenters. The number of ether oxygens (including phenoxy) is 1. The number of hydrogen-bond acceptors (Lipinski definition) is 4. The molecule has 152 valence electrons. The highest BCUT2D eigenvalue weighted by Gasteiger charge is 2.59. The van der Waals surface area contributed by atoms with Crippen molar-refractivity contribution in [1.29, 1.82) is 0 Å². The quantitative estimate of drug-likeness (QED) is 0.598. The second-order valence-electron chi connectivity index (χ2n) is 7.67. The Morgan fingerprint density at radius 2 is 1.93 bits per heavy atom. The van der Waals surface area contributed by atoms with Crippen LogP contribution in [0.5, 0.6) is 0 Å². The first-order valence-electron chi connectivity index (χ1n) is 9.86. The number of hydrogen-bond donors (Lipinski definition) is 1. The summed E-state index contributed by atoms with van der Waals surface area (Å²) in [4.78, 5) is 38.9. The highest BCUT2D eigenvalue weighted by Crippen LogP contribution is 2.48. The van der Waals surface area contributed by atoms with Gasteiger partial charge in [0, 0.05) is 25.6 Å². The van der Waals surface area contributed by atoms with Gasteiger partial charge in [0.15, 0.2) is 0 Å². The van der Waals surface area contributed by atoms with Crippen LogP contribution in [0.2, 0.25) is 0 Å². The van der Waals surface area contributed by atoms with Crippen molar-refractivity contribution >= 4 is 17.8 Å². The number of likely N-dealkylation sites (tertiary alicyclic amines) is 1. The highest BCUT2D eigenvalue weighted by molar-refractivity contribution is 6.05. The van der Waals surface area contributed by atoms with E-state index in [-0.39, 0.29) is 36.7 Å². The normalized spacial score (nSPS) is 18.5. The molecule has 0 atom stereocenters. The fourth-order valence-corrected chi connectivity index (χ4v) is 3.63. The molecule has 28 heavy (non-hydrogen) atoms. The lowest BCUT2D eigenvalue weighted by molar-refractivity contribution is -0.158. The largest absolute Gasteiger partial charge is 0.465 e. The van der Waals surface area contributed by atoms with Crippen molar-refractivity contribution in [2.45, 2.75) is 46.1 Å². The number of halogens is 1. The van der Waals surface area contributed by atoms with Crippen molar-refractivity contribution in [2.24, 2.45) is 11.3 Å². The molecule has 0 spiro atoms. The zero-order valence-corrected chi connectivity index (χ0v) is 16.4. The number of carbonyl (C=O) groups excluding carboxylic acids is 3. The van der Waals surface area contributed by atoms with Gasteiger partial charge in [-0.3, -0.25) is 14.4 Å². The molecule has 1 heterocycles. The van der Waals surface area contributed by atoms with Crippen LogP contribution >= 0.6 is 0 Å². The molecular weight excluding hydrogens is 363 g/mol. The number of benzene rings is 1. The molecule has 1 aromatic rings. The van der Waals surface area contributed by atoms with Gasteiger partial charge in [-0.2, -0.15) is 0 Å². The average molecular weight is 390 g/mol. The van der Waals surface area contributed by atoms with Crippen molar-refractivity contribution in [3.05, 3.63) is 35.1 Å². The second kappa shape index (κ2) is 8.29. The first kappa shape index (κ1) is 20.3. The Hall–Kier alpha value is -2.44. The maximum Gasteiger partial charge on any atom is 0.321 e. The molecule has 1 N–H and O–H groups in total. The number of carbonyl (C=O) groups is 3. The Morgan fingerprint density at radius 1 is 1.25 bits per heavy atom. The predicted octanol–water partition coefficient (Wildman–Crippen LogP) is 2.33. The van der Waals surface area contributed by atoms with E-state index in [1.165, 1.54) is 6.07 Å². The molecule has 2 fully saturated rings. The molecule has 1 aliphatic heterocycles. The number of rotatable bonds is 6. The van der Waals surface area contributed by atoms with Crippen LogP contribution in [0.25, 0.3) is 0 Å². The molecule has 1 saturated heterocycles. The molecule has 6 nitrogen and oxygen atoms in total. The van der Waals surface area contributed by atoms with Gasteiger partial charge in [0.1, 0.15) is 11.2 Å². The summed E-state index contributed by atoms with van der Waals surface area (Å²) in [5, 5.41) is 2.85. The molecule has 0 bridgehead atoms. The van der Waals surface area contributed by atoms with E-state index < -0.39 is 11.4 Å². The van der Waals surface area contributed by atoms with Gasteiger partial charge in [0.25, 0.3) is 0 Å². The van der Waals surface area contributed by atoms with Crippen LogP contribution in [0.3, 0.4) is 0 Å². The van der Waals surface area contributed by atoms with Crippen molar-refractivity contribution in [2.75, 3.05) is 19.7 Å². The second-order valence-corrected chi connectivity index (χ2v) is 7.67. The van der Waals surface area contributed by atoms with Gasteiger partial charge in [-0.05, 0) is 56.7 Å². The summed E-state index contributed by atoms with van der Waals surface area (Å²) in [7, 11) is 0. The molecule has 0 aromatic heterocycles. The van der Waals surface area contributed by atoms with E-state index in [1.807, 2.05) is 0 Å². The topological polar surface area (TPSA) is 75.7 Å². The van der Waals surface area contributed by atoms with E-state index in [4.69, 9.17) is 4.74 Å².